The van der Waals surface area contributed by atoms with E-state index in [0.29, 0.717) is 6.42 Å². The van der Waals surface area contributed by atoms with E-state index < -0.39 is 0 Å². The molecule has 0 N–H and O–H groups in total. The van der Waals surface area contributed by atoms with Gasteiger partial charge in [0.1, 0.15) is 0 Å². The highest BCUT2D eigenvalue weighted by Crippen LogP contribution is 2.14. The van der Waals surface area contributed by atoms with Gasteiger partial charge in [0.05, 0.1) is 0 Å². The molecule has 0 fully saturated rings. The number of rotatable bonds is 20. The first-order chi connectivity index (χ1) is 11.4. The molecule has 0 aromatic rings. The second-order valence-corrected chi connectivity index (χ2v) is 8.03. The molecule has 0 aliphatic heterocycles. The van der Waals surface area contributed by atoms with E-state index in [1.54, 1.807) is 0 Å². The predicted octanol–water partition coefficient (Wildman–Crippen LogP) is 7.48. The minimum atomic E-state index is 0.624. The molecule has 0 heterocycles. The van der Waals surface area contributed by atoms with Crippen molar-refractivity contribution in [1.82, 2.24) is 0 Å². The standard InChI is InChI=1S/C21H41OS/c1-2-3-4-5-6-7-8-9-10-11-12-13-14-17-20-23-21-18-15-16-19-22/h2-18,20-21H2,1H3. The summed E-state index contributed by atoms with van der Waals surface area (Å²) in [6.45, 7) is 2.29. The van der Waals surface area contributed by atoms with Crippen molar-refractivity contribution in [3.05, 3.63) is 0 Å². The van der Waals surface area contributed by atoms with Crippen molar-refractivity contribution in [1.29, 1.82) is 0 Å². The molecule has 137 valence electrons. The summed E-state index contributed by atoms with van der Waals surface area (Å²) in [7, 11) is 0. The van der Waals surface area contributed by atoms with E-state index in [1.807, 2.05) is 6.29 Å². The van der Waals surface area contributed by atoms with Gasteiger partial charge in [-0.3, -0.25) is 4.79 Å². The molecule has 0 aromatic heterocycles. The molecule has 1 radical (unpaired) electrons. The van der Waals surface area contributed by atoms with Gasteiger partial charge in [-0.05, 0) is 30.8 Å². The minimum Gasteiger partial charge on any atom is -0.291 e. The Hall–Kier alpha value is 0.0200. The van der Waals surface area contributed by atoms with Crippen LogP contribution in [0.15, 0.2) is 0 Å². The molecule has 1 nitrogen and oxygen atoms in total. The summed E-state index contributed by atoms with van der Waals surface area (Å²) in [4.78, 5) is 10.1. The van der Waals surface area contributed by atoms with E-state index in [0.717, 1.165) is 6.42 Å². The van der Waals surface area contributed by atoms with Crippen LogP contribution in [0.25, 0.3) is 0 Å². The second-order valence-electron chi connectivity index (χ2n) is 6.81. The van der Waals surface area contributed by atoms with Crippen LogP contribution < -0.4 is 0 Å². The first-order valence-electron chi connectivity index (χ1n) is 10.3. The molecule has 0 aliphatic rings. The van der Waals surface area contributed by atoms with E-state index in [9.17, 15) is 4.79 Å². The monoisotopic (exact) mass is 341 g/mol. The Morgan fingerprint density at radius 3 is 1.39 bits per heavy atom. The molecule has 0 saturated heterocycles. The van der Waals surface area contributed by atoms with Gasteiger partial charge in [-0.15, -0.1) is 0 Å². The molecular formula is C21H41OS. The van der Waals surface area contributed by atoms with Gasteiger partial charge in [-0.25, -0.2) is 0 Å². The van der Waals surface area contributed by atoms with Gasteiger partial charge in [-0.1, -0.05) is 90.4 Å². The quantitative estimate of drug-likeness (QED) is 0.213. The number of unbranched alkanes of at least 4 members (excludes halogenated alkanes) is 15. The van der Waals surface area contributed by atoms with Crippen molar-refractivity contribution in [2.24, 2.45) is 0 Å². The van der Waals surface area contributed by atoms with Gasteiger partial charge in [0.25, 0.3) is 0 Å². The van der Waals surface area contributed by atoms with Gasteiger partial charge in [-0.2, -0.15) is 11.8 Å². The van der Waals surface area contributed by atoms with Gasteiger partial charge in [0, 0.05) is 6.42 Å². The van der Waals surface area contributed by atoms with Gasteiger partial charge in [0.15, 0.2) is 6.29 Å². The number of hydrogen-bond donors (Lipinski definition) is 0. The van der Waals surface area contributed by atoms with E-state index >= 15 is 0 Å². The molecule has 2 heteroatoms. The fraction of sp³-hybridized carbons (Fsp3) is 0.952. The zero-order valence-corrected chi connectivity index (χ0v) is 16.6. The molecule has 0 rings (SSSR count). The van der Waals surface area contributed by atoms with Crippen molar-refractivity contribution < 1.29 is 4.79 Å². The Balaban J connectivity index is 2.93. The average molecular weight is 342 g/mol. The maximum atomic E-state index is 10.1. The Labute approximate surface area is 150 Å². The lowest BCUT2D eigenvalue weighted by molar-refractivity contribution is 0.538. The number of thioether (sulfide) groups is 1. The molecule has 0 atom stereocenters. The summed E-state index contributed by atoms with van der Waals surface area (Å²) in [5.74, 6) is 2.53. The van der Waals surface area contributed by atoms with Crippen LogP contribution in [-0.4, -0.2) is 17.8 Å². The second kappa shape index (κ2) is 22.0. The van der Waals surface area contributed by atoms with E-state index in [4.69, 9.17) is 0 Å². The van der Waals surface area contributed by atoms with Crippen molar-refractivity contribution in [2.45, 2.75) is 116 Å². The Bertz CT molecular complexity index is 218. The van der Waals surface area contributed by atoms with Crippen LogP contribution in [-0.2, 0) is 4.79 Å². The van der Waals surface area contributed by atoms with Crippen LogP contribution in [0.5, 0.6) is 0 Å². The van der Waals surface area contributed by atoms with Crippen molar-refractivity contribution >= 4 is 18.0 Å². The average Bonchev–Trinajstić information content (AvgIpc) is 2.57. The molecule has 0 aliphatic carbocycles. The lowest BCUT2D eigenvalue weighted by Crippen LogP contribution is -1.87. The molecule has 23 heavy (non-hydrogen) atoms. The maximum absolute atomic E-state index is 10.1. The maximum Gasteiger partial charge on any atom is 0.198 e. The smallest absolute Gasteiger partial charge is 0.198 e. The fourth-order valence-electron chi connectivity index (χ4n) is 2.90. The van der Waals surface area contributed by atoms with Crippen LogP contribution in [0.2, 0.25) is 0 Å². The Kier molecular flexibility index (Phi) is 22.0. The largest absolute Gasteiger partial charge is 0.291 e. The molecule has 0 spiro atoms. The van der Waals surface area contributed by atoms with Crippen LogP contribution in [0.1, 0.15) is 116 Å². The first-order valence-corrected chi connectivity index (χ1v) is 11.5. The third-order valence-electron chi connectivity index (χ3n) is 4.46. The first kappa shape index (κ1) is 23.0. The zero-order chi connectivity index (χ0) is 16.8. The topological polar surface area (TPSA) is 17.1 Å². The van der Waals surface area contributed by atoms with Crippen LogP contribution >= 0.6 is 11.8 Å². The summed E-state index contributed by atoms with van der Waals surface area (Å²) in [6.07, 6.45) is 24.9. The Morgan fingerprint density at radius 1 is 0.565 bits per heavy atom. The summed E-state index contributed by atoms with van der Waals surface area (Å²) < 4.78 is 0. The highest BCUT2D eigenvalue weighted by molar-refractivity contribution is 7.99. The molecule has 0 amide bonds. The third kappa shape index (κ3) is 22.0. The lowest BCUT2D eigenvalue weighted by Gasteiger charge is -2.03. The molecule has 0 bridgehead atoms. The molecule has 0 aromatic carbocycles. The lowest BCUT2D eigenvalue weighted by atomic mass is 10.0. The highest BCUT2D eigenvalue weighted by Gasteiger charge is 1.95. The minimum absolute atomic E-state index is 0.624. The number of carbonyl (C=O) groups excluding carboxylic acids is 1. The van der Waals surface area contributed by atoms with E-state index in [1.165, 1.54) is 108 Å². The van der Waals surface area contributed by atoms with Crippen molar-refractivity contribution in [3.8, 4) is 0 Å². The van der Waals surface area contributed by atoms with Crippen molar-refractivity contribution in [3.63, 3.8) is 0 Å². The summed E-state index contributed by atoms with van der Waals surface area (Å²) in [5, 5.41) is 0. The zero-order valence-electron chi connectivity index (χ0n) is 15.8. The SMILES string of the molecule is CCCCCCCCCCCCCCCCSCCCC[C]=O. The molecule has 0 saturated carbocycles. The fourth-order valence-corrected chi connectivity index (χ4v) is 3.92. The van der Waals surface area contributed by atoms with Crippen LogP contribution in [0.3, 0.4) is 0 Å². The van der Waals surface area contributed by atoms with Crippen LogP contribution in [0.4, 0.5) is 0 Å². The van der Waals surface area contributed by atoms with Gasteiger partial charge >= 0.3 is 0 Å². The molecular weight excluding hydrogens is 300 g/mol. The van der Waals surface area contributed by atoms with E-state index in [-0.39, 0.29) is 0 Å². The highest BCUT2D eigenvalue weighted by atomic mass is 32.2. The Morgan fingerprint density at radius 2 is 0.957 bits per heavy atom. The summed E-state index contributed by atoms with van der Waals surface area (Å²) in [5.41, 5.74) is 0. The summed E-state index contributed by atoms with van der Waals surface area (Å²) >= 11 is 2.06. The third-order valence-corrected chi connectivity index (χ3v) is 5.61. The van der Waals surface area contributed by atoms with Crippen LogP contribution in [0, 0.1) is 0 Å². The normalized spacial score (nSPS) is 11.0. The molecule has 0 unspecified atom stereocenters. The van der Waals surface area contributed by atoms with Crippen molar-refractivity contribution in [2.75, 3.05) is 11.5 Å². The van der Waals surface area contributed by atoms with E-state index in [2.05, 4.69) is 18.7 Å². The summed E-state index contributed by atoms with van der Waals surface area (Å²) in [6, 6.07) is 0. The van der Waals surface area contributed by atoms with Gasteiger partial charge < -0.3 is 0 Å². The van der Waals surface area contributed by atoms with Gasteiger partial charge in [0.2, 0.25) is 0 Å². The predicted molar refractivity (Wildman–Crippen MR) is 107 cm³/mol. The number of hydrogen-bond acceptors (Lipinski definition) is 2.